The Morgan fingerprint density at radius 1 is 1.05 bits per heavy atom. The van der Waals surface area contributed by atoms with Crippen LogP contribution in [0.1, 0.15) is 51.4 Å². The van der Waals surface area contributed by atoms with Gasteiger partial charge >= 0.3 is 5.97 Å². The number of hydrazone groups is 1. The molecule has 0 N–H and O–H groups in total. The average molecular weight is 308 g/mol. The maximum Gasteiger partial charge on any atom is 0.308 e. The molecule has 0 radical (unpaired) electrons. The molecule has 0 aliphatic heterocycles. The minimum atomic E-state index is -0.126. The van der Waals surface area contributed by atoms with E-state index in [2.05, 4.69) is 5.10 Å². The number of carbonyl (C=O) groups excluding carboxylic acids is 2. The van der Waals surface area contributed by atoms with Gasteiger partial charge < -0.3 is 9.75 Å². The molecule has 5 heteroatoms. The maximum atomic E-state index is 12.9. The van der Waals surface area contributed by atoms with Crippen molar-refractivity contribution >= 4 is 17.5 Å². The summed E-state index contributed by atoms with van der Waals surface area (Å²) in [4.78, 5) is 24.5. The number of hydrogen-bond acceptors (Lipinski definition) is 5. The fraction of sp³-hybridized carbons (Fsp3) is 0.824. The van der Waals surface area contributed by atoms with Crippen molar-refractivity contribution in [2.24, 2.45) is 22.9 Å². The van der Waals surface area contributed by atoms with Crippen LogP contribution >= 0.6 is 0 Å². The second kappa shape index (κ2) is 7.75. The van der Waals surface area contributed by atoms with Crippen LogP contribution in [-0.2, 0) is 14.3 Å². The first-order valence-corrected chi connectivity index (χ1v) is 8.39. The summed E-state index contributed by atoms with van der Waals surface area (Å²) in [5.41, 5.74) is 1.05. The van der Waals surface area contributed by atoms with Crippen molar-refractivity contribution in [3.05, 3.63) is 0 Å². The highest BCUT2D eigenvalue weighted by molar-refractivity contribution is 6.06. The smallest absolute Gasteiger partial charge is 0.308 e. The molecule has 2 saturated carbocycles. The molecule has 0 bridgehead atoms. The monoisotopic (exact) mass is 308 g/mol. The van der Waals surface area contributed by atoms with Gasteiger partial charge in [-0.1, -0.05) is 6.42 Å². The van der Waals surface area contributed by atoms with Crippen molar-refractivity contribution in [2.45, 2.75) is 51.4 Å². The summed E-state index contributed by atoms with van der Waals surface area (Å²) in [6.45, 7) is 0. The summed E-state index contributed by atoms with van der Waals surface area (Å²) in [7, 11) is 5.25. The van der Waals surface area contributed by atoms with Crippen LogP contribution in [0.2, 0.25) is 0 Å². The highest BCUT2D eigenvalue weighted by Crippen LogP contribution is 2.34. The highest BCUT2D eigenvalue weighted by Gasteiger charge is 2.36. The van der Waals surface area contributed by atoms with Crippen molar-refractivity contribution < 1.29 is 14.3 Å². The van der Waals surface area contributed by atoms with Gasteiger partial charge in [-0.2, -0.15) is 5.10 Å². The number of hydrogen-bond donors (Lipinski definition) is 0. The molecule has 0 amide bonds. The summed E-state index contributed by atoms with van der Waals surface area (Å²) in [5.74, 6) is 0.296. The summed E-state index contributed by atoms with van der Waals surface area (Å²) in [6.07, 6.45) is 7.28. The highest BCUT2D eigenvalue weighted by atomic mass is 16.5. The van der Waals surface area contributed by atoms with Gasteiger partial charge in [0.05, 0.1) is 18.9 Å². The third-order valence-corrected chi connectivity index (χ3v) is 4.91. The molecule has 0 aromatic heterocycles. The van der Waals surface area contributed by atoms with E-state index in [0.29, 0.717) is 5.78 Å². The summed E-state index contributed by atoms with van der Waals surface area (Å²) in [6, 6.07) is 0. The molecule has 0 aromatic rings. The molecular formula is C17H28N2O3. The van der Waals surface area contributed by atoms with E-state index in [-0.39, 0.29) is 23.7 Å². The topological polar surface area (TPSA) is 59.0 Å². The largest absolute Gasteiger partial charge is 0.469 e. The molecule has 2 rings (SSSR count). The molecule has 5 nitrogen and oxygen atoms in total. The van der Waals surface area contributed by atoms with Crippen LogP contribution in [0, 0.1) is 17.8 Å². The first-order chi connectivity index (χ1) is 10.5. The number of carbonyl (C=O) groups is 2. The van der Waals surface area contributed by atoms with Crippen LogP contribution < -0.4 is 0 Å². The molecule has 2 aliphatic rings. The van der Waals surface area contributed by atoms with Gasteiger partial charge in [0, 0.05) is 25.7 Å². The third kappa shape index (κ3) is 4.08. The van der Waals surface area contributed by atoms with Gasteiger partial charge in [0.25, 0.3) is 0 Å². The number of esters is 1. The van der Waals surface area contributed by atoms with Crippen LogP contribution in [-0.4, -0.2) is 43.7 Å². The van der Waals surface area contributed by atoms with Crippen molar-refractivity contribution in [3.63, 3.8) is 0 Å². The normalized spacial score (nSPS) is 30.9. The number of Topliss-reactive ketones (excluding diaryl/α,β-unsaturated/α-hetero) is 1. The van der Waals surface area contributed by atoms with Gasteiger partial charge in [0.1, 0.15) is 5.78 Å². The van der Waals surface area contributed by atoms with Crippen molar-refractivity contribution in [3.8, 4) is 0 Å². The summed E-state index contributed by atoms with van der Waals surface area (Å²) < 4.78 is 4.81. The Bertz CT molecular complexity index is 437. The van der Waals surface area contributed by atoms with E-state index in [4.69, 9.17) is 4.74 Å². The lowest BCUT2D eigenvalue weighted by molar-refractivity contribution is -0.147. The fourth-order valence-corrected chi connectivity index (χ4v) is 3.74. The molecule has 22 heavy (non-hydrogen) atoms. The maximum absolute atomic E-state index is 12.9. The zero-order valence-electron chi connectivity index (χ0n) is 14.0. The Labute approximate surface area is 133 Å². The van der Waals surface area contributed by atoms with Crippen LogP contribution in [0.25, 0.3) is 0 Å². The van der Waals surface area contributed by atoms with Crippen LogP contribution in [0.15, 0.2) is 5.10 Å². The molecule has 2 aliphatic carbocycles. The molecule has 1 unspecified atom stereocenters. The third-order valence-electron chi connectivity index (χ3n) is 4.91. The second-order valence-corrected chi connectivity index (χ2v) is 6.71. The lowest BCUT2D eigenvalue weighted by atomic mass is 9.73. The van der Waals surface area contributed by atoms with E-state index >= 15 is 0 Å². The van der Waals surface area contributed by atoms with Gasteiger partial charge in [-0.3, -0.25) is 9.59 Å². The zero-order chi connectivity index (χ0) is 16.1. The van der Waals surface area contributed by atoms with Crippen LogP contribution in [0.4, 0.5) is 0 Å². The Morgan fingerprint density at radius 3 is 2.27 bits per heavy atom. The first kappa shape index (κ1) is 17.0. The van der Waals surface area contributed by atoms with Gasteiger partial charge in [0.2, 0.25) is 0 Å². The molecule has 124 valence electrons. The van der Waals surface area contributed by atoms with Crippen molar-refractivity contribution in [1.29, 1.82) is 0 Å². The lowest BCUT2D eigenvalue weighted by Crippen LogP contribution is -2.36. The molecule has 2 fully saturated rings. The molecule has 0 saturated heterocycles. The van der Waals surface area contributed by atoms with E-state index in [1.54, 1.807) is 5.01 Å². The van der Waals surface area contributed by atoms with Crippen LogP contribution in [0.5, 0.6) is 0 Å². The fourth-order valence-electron chi connectivity index (χ4n) is 3.74. The number of rotatable bonds is 4. The zero-order valence-corrected chi connectivity index (χ0v) is 14.0. The quantitative estimate of drug-likeness (QED) is 0.592. The standard InChI is InChI=1S/C17H28N2O3/c1-19(2)18-15-7-5-4-6-14(15)16(20)12-8-10-13(11-9-12)17(21)22-3/h12-14H,4-11H2,1-3H3. The second-order valence-electron chi connectivity index (χ2n) is 6.71. The Morgan fingerprint density at radius 2 is 1.68 bits per heavy atom. The van der Waals surface area contributed by atoms with Gasteiger partial charge in [0.15, 0.2) is 0 Å². The molecule has 0 aromatic carbocycles. The van der Waals surface area contributed by atoms with Crippen molar-refractivity contribution in [1.82, 2.24) is 5.01 Å². The Hall–Kier alpha value is -1.39. The van der Waals surface area contributed by atoms with E-state index in [0.717, 1.165) is 57.1 Å². The summed E-state index contributed by atoms with van der Waals surface area (Å²) in [5, 5.41) is 6.35. The van der Waals surface area contributed by atoms with E-state index in [1.807, 2.05) is 14.1 Å². The lowest BCUT2D eigenvalue weighted by Gasteiger charge is -2.31. The molecule has 1 atom stereocenters. The first-order valence-electron chi connectivity index (χ1n) is 8.39. The van der Waals surface area contributed by atoms with Gasteiger partial charge in [-0.25, -0.2) is 0 Å². The number of methoxy groups -OCH3 is 1. The minimum absolute atomic E-state index is 0.00386. The predicted octanol–water partition coefficient (Wildman–Crippen LogP) is 2.64. The predicted molar refractivity (Wildman–Crippen MR) is 85.6 cm³/mol. The van der Waals surface area contributed by atoms with E-state index < -0.39 is 0 Å². The summed E-state index contributed by atoms with van der Waals surface area (Å²) >= 11 is 0. The van der Waals surface area contributed by atoms with Crippen LogP contribution in [0.3, 0.4) is 0 Å². The number of ketones is 1. The number of ether oxygens (including phenoxy) is 1. The molecule has 0 heterocycles. The molecule has 0 spiro atoms. The van der Waals surface area contributed by atoms with E-state index in [1.165, 1.54) is 7.11 Å². The van der Waals surface area contributed by atoms with Gasteiger partial charge in [-0.05, 0) is 44.9 Å². The van der Waals surface area contributed by atoms with Crippen molar-refractivity contribution in [2.75, 3.05) is 21.2 Å². The minimum Gasteiger partial charge on any atom is -0.469 e. The SMILES string of the molecule is COC(=O)C1CCC(C(=O)C2CCCCC2=NN(C)C)CC1. The average Bonchev–Trinajstić information content (AvgIpc) is 2.53. The Kier molecular flexibility index (Phi) is 5.98. The molecular weight excluding hydrogens is 280 g/mol. The Balaban J connectivity index is 1.97. The van der Waals surface area contributed by atoms with Gasteiger partial charge in [-0.15, -0.1) is 0 Å². The number of nitrogens with zero attached hydrogens (tertiary/aromatic N) is 2. The van der Waals surface area contributed by atoms with E-state index in [9.17, 15) is 9.59 Å².